The molecule has 0 atom stereocenters. The molecule has 6 heteroatoms. The molecule has 0 bridgehead atoms. The Morgan fingerprint density at radius 2 is 1.85 bits per heavy atom. The minimum atomic E-state index is -0.230. The number of halogens is 1. The highest BCUT2D eigenvalue weighted by Crippen LogP contribution is 2.24. The van der Waals surface area contributed by atoms with Crippen LogP contribution >= 0.6 is 12.6 Å². The lowest BCUT2D eigenvalue weighted by atomic mass is 10.1. The summed E-state index contributed by atoms with van der Waals surface area (Å²) in [4.78, 5) is 7.98. The maximum atomic E-state index is 12.9. The minimum Gasteiger partial charge on any atom is -0.361 e. The Morgan fingerprint density at radius 1 is 1.07 bits per heavy atom. The van der Waals surface area contributed by atoms with E-state index >= 15 is 0 Å². The first kappa shape index (κ1) is 18.9. The molecule has 4 aromatic rings. The summed E-state index contributed by atoms with van der Waals surface area (Å²) >= 11 is 4.02. The van der Waals surface area contributed by atoms with Gasteiger partial charge in [-0.1, -0.05) is 6.07 Å². The van der Waals surface area contributed by atoms with Gasteiger partial charge in [0.05, 0.1) is 0 Å². The summed E-state index contributed by atoms with van der Waals surface area (Å²) in [5.74, 6) is -0.230. The van der Waals surface area contributed by atoms with Crippen molar-refractivity contribution in [1.82, 2.24) is 15.3 Å². The fourth-order valence-electron chi connectivity index (χ4n) is 2.65. The molecule has 4 nitrogen and oxygen atoms in total. The van der Waals surface area contributed by atoms with Crippen molar-refractivity contribution in [3.8, 4) is 0 Å². The summed E-state index contributed by atoms with van der Waals surface area (Å²) in [6, 6.07) is 16.2. The molecule has 0 aliphatic rings. The molecule has 0 spiro atoms. The van der Waals surface area contributed by atoms with E-state index in [-0.39, 0.29) is 5.82 Å². The first-order valence-corrected chi connectivity index (χ1v) is 8.96. The number of aromatic amines is 1. The van der Waals surface area contributed by atoms with Gasteiger partial charge in [0.15, 0.2) is 0 Å². The number of nitrogens with one attached hydrogen (secondary N) is 3. The van der Waals surface area contributed by atoms with Crippen molar-refractivity contribution in [1.29, 1.82) is 0 Å². The smallest absolute Gasteiger partial charge is 0.123 e. The van der Waals surface area contributed by atoms with E-state index in [1.807, 2.05) is 31.4 Å². The normalized spacial score (nSPS) is 10.3. The van der Waals surface area contributed by atoms with E-state index in [1.165, 1.54) is 23.1 Å². The van der Waals surface area contributed by atoms with Gasteiger partial charge >= 0.3 is 0 Å². The Kier molecular flexibility index (Phi) is 6.46. The summed E-state index contributed by atoms with van der Waals surface area (Å²) in [7, 11) is 1.93. The molecular formula is C21H21FN4S. The third-order valence-electron chi connectivity index (χ3n) is 3.91. The lowest BCUT2D eigenvalue weighted by Crippen LogP contribution is -2.03. The van der Waals surface area contributed by atoms with Crippen molar-refractivity contribution in [2.75, 3.05) is 12.4 Å². The van der Waals surface area contributed by atoms with Gasteiger partial charge in [-0.25, -0.2) is 4.39 Å². The Morgan fingerprint density at radius 3 is 2.48 bits per heavy atom. The van der Waals surface area contributed by atoms with Gasteiger partial charge in [0.2, 0.25) is 0 Å². The van der Waals surface area contributed by atoms with Crippen LogP contribution in [0.2, 0.25) is 0 Å². The second-order valence-electron chi connectivity index (χ2n) is 5.95. The van der Waals surface area contributed by atoms with E-state index < -0.39 is 0 Å². The third kappa shape index (κ3) is 5.32. The van der Waals surface area contributed by atoms with Crippen LogP contribution in [0, 0.1) is 5.82 Å². The molecule has 0 aliphatic heterocycles. The van der Waals surface area contributed by atoms with E-state index in [4.69, 9.17) is 0 Å². The fraction of sp³-hybridized carbons (Fsp3) is 0.0952. The molecule has 0 radical (unpaired) electrons. The monoisotopic (exact) mass is 380 g/mol. The highest BCUT2D eigenvalue weighted by molar-refractivity contribution is 7.80. The van der Waals surface area contributed by atoms with Crippen LogP contribution in [0.15, 0.2) is 78.1 Å². The highest BCUT2D eigenvalue weighted by Gasteiger charge is 2.04. The topological polar surface area (TPSA) is 52.7 Å². The summed E-state index contributed by atoms with van der Waals surface area (Å²) in [6.07, 6.45) is 5.44. The molecule has 2 heterocycles. The lowest BCUT2D eigenvalue weighted by Gasteiger charge is -2.06. The Balaban J connectivity index is 0.000000253. The summed E-state index contributed by atoms with van der Waals surface area (Å²) in [5.41, 5.74) is 4.17. The second-order valence-corrected chi connectivity index (χ2v) is 6.46. The predicted molar refractivity (Wildman–Crippen MR) is 112 cm³/mol. The van der Waals surface area contributed by atoms with Gasteiger partial charge in [-0.15, -0.1) is 12.6 Å². The third-order valence-corrected chi connectivity index (χ3v) is 4.18. The van der Waals surface area contributed by atoms with Gasteiger partial charge in [-0.2, -0.15) is 0 Å². The molecule has 0 fully saturated rings. The van der Waals surface area contributed by atoms with Crippen molar-refractivity contribution >= 4 is 34.9 Å². The van der Waals surface area contributed by atoms with E-state index in [2.05, 4.69) is 45.4 Å². The Bertz CT molecular complexity index is 984. The van der Waals surface area contributed by atoms with Gasteiger partial charge in [0, 0.05) is 52.3 Å². The van der Waals surface area contributed by atoms with E-state index in [1.54, 1.807) is 24.5 Å². The lowest BCUT2D eigenvalue weighted by molar-refractivity contribution is 0.628. The standard InChI is InChI=1S/C16H16FN3.C5H5NS/c1-18-9-11-10-19-16-8-14(6-7-15(11)16)20-13-4-2-12(17)3-5-13;7-5-2-1-3-6-4-5/h2-8,10,18-20H,9H2,1H3;1-4,7H. The molecule has 0 saturated heterocycles. The summed E-state index contributed by atoms with van der Waals surface area (Å²) in [6.45, 7) is 0.838. The molecule has 0 amide bonds. The molecular weight excluding hydrogens is 359 g/mol. The number of H-pyrrole nitrogens is 1. The maximum absolute atomic E-state index is 12.9. The number of hydrogen-bond acceptors (Lipinski definition) is 4. The second kappa shape index (κ2) is 9.21. The first-order valence-electron chi connectivity index (χ1n) is 8.52. The van der Waals surface area contributed by atoms with E-state index in [9.17, 15) is 4.39 Å². The van der Waals surface area contributed by atoms with Crippen molar-refractivity contribution < 1.29 is 4.39 Å². The molecule has 27 heavy (non-hydrogen) atoms. The number of anilines is 2. The van der Waals surface area contributed by atoms with Gasteiger partial charge in [0.25, 0.3) is 0 Å². The van der Waals surface area contributed by atoms with Crippen molar-refractivity contribution in [3.05, 3.63) is 84.6 Å². The number of benzene rings is 2. The molecule has 4 rings (SSSR count). The molecule has 3 N–H and O–H groups in total. The Hall–Kier alpha value is -2.83. The molecule has 0 saturated carbocycles. The number of rotatable bonds is 4. The van der Waals surface area contributed by atoms with Crippen LogP contribution in [0.1, 0.15) is 5.56 Å². The molecule has 2 aromatic carbocycles. The van der Waals surface area contributed by atoms with Crippen molar-refractivity contribution in [2.45, 2.75) is 11.4 Å². The van der Waals surface area contributed by atoms with Crippen molar-refractivity contribution in [3.63, 3.8) is 0 Å². The van der Waals surface area contributed by atoms with Crippen LogP contribution < -0.4 is 10.6 Å². The number of aromatic nitrogens is 2. The fourth-order valence-corrected chi connectivity index (χ4v) is 2.81. The van der Waals surface area contributed by atoms with Crippen LogP contribution in [-0.2, 0) is 6.54 Å². The van der Waals surface area contributed by atoms with E-state index in [0.29, 0.717) is 0 Å². The molecule has 138 valence electrons. The average molecular weight is 380 g/mol. The quantitative estimate of drug-likeness (QED) is 0.371. The highest BCUT2D eigenvalue weighted by atomic mass is 32.1. The minimum absolute atomic E-state index is 0.230. The zero-order valence-electron chi connectivity index (χ0n) is 14.9. The molecule has 0 unspecified atom stereocenters. The van der Waals surface area contributed by atoms with Gasteiger partial charge in [-0.3, -0.25) is 4.98 Å². The van der Waals surface area contributed by atoms with Gasteiger partial charge in [-0.05, 0) is 61.1 Å². The number of nitrogens with zero attached hydrogens (tertiary/aromatic N) is 1. The zero-order chi connectivity index (χ0) is 19.1. The largest absolute Gasteiger partial charge is 0.361 e. The van der Waals surface area contributed by atoms with Crippen LogP contribution in [0.3, 0.4) is 0 Å². The van der Waals surface area contributed by atoms with Gasteiger partial charge in [0.1, 0.15) is 5.82 Å². The molecule has 0 aliphatic carbocycles. The SMILES string of the molecule is CNCc1c[nH]c2cc(Nc3ccc(F)cc3)ccc12.Sc1cccnc1. The summed E-state index contributed by atoms with van der Waals surface area (Å²) < 4.78 is 12.9. The van der Waals surface area contributed by atoms with Crippen LogP contribution in [0.25, 0.3) is 10.9 Å². The van der Waals surface area contributed by atoms with Crippen LogP contribution in [0.4, 0.5) is 15.8 Å². The van der Waals surface area contributed by atoms with Crippen molar-refractivity contribution in [2.24, 2.45) is 0 Å². The number of fused-ring (bicyclic) bond motifs is 1. The average Bonchev–Trinajstić information content (AvgIpc) is 3.07. The number of pyridine rings is 1. The van der Waals surface area contributed by atoms with E-state index in [0.717, 1.165) is 28.3 Å². The molecule has 2 aromatic heterocycles. The predicted octanol–water partition coefficient (Wildman–Crippen LogP) is 5.14. The zero-order valence-corrected chi connectivity index (χ0v) is 15.8. The summed E-state index contributed by atoms with van der Waals surface area (Å²) in [5, 5.41) is 7.63. The number of thiol groups is 1. The first-order chi connectivity index (χ1) is 13.2. The van der Waals surface area contributed by atoms with Crippen LogP contribution in [0.5, 0.6) is 0 Å². The number of hydrogen-bond donors (Lipinski definition) is 4. The van der Waals surface area contributed by atoms with Crippen LogP contribution in [-0.4, -0.2) is 17.0 Å². The Labute approximate surface area is 163 Å². The van der Waals surface area contributed by atoms with Gasteiger partial charge < -0.3 is 15.6 Å². The maximum Gasteiger partial charge on any atom is 0.123 e.